The first-order valence-corrected chi connectivity index (χ1v) is 5.78. The van der Waals surface area contributed by atoms with Crippen LogP contribution in [0.3, 0.4) is 0 Å². The lowest BCUT2D eigenvalue weighted by Crippen LogP contribution is -1.99. The van der Waals surface area contributed by atoms with E-state index in [4.69, 9.17) is 4.74 Å². The predicted octanol–water partition coefficient (Wildman–Crippen LogP) is 4.31. The molecule has 0 atom stereocenters. The maximum absolute atomic E-state index is 13.4. The molecule has 0 aliphatic rings. The Hall–Kier alpha value is -1.42. The van der Waals surface area contributed by atoms with Gasteiger partial charge in [0, 0.05) is 0 Å². The molecule has 0 saturated heterocycles. The van der Waals surface area contributed by atoms with Crippen molar-refractivity contribution in [3.63, 3.8) is 0 Å². The highest BCUT2D eigenvalue weighted by atomic mass is 79.9. The molecule has 0 bridgehead atoms. The molecule has 2 aromatic carbocycles. The van der Waals surface area contributed by atoms with Crippen LogP contribution in [0.4, 0.5) is 8.78 Å². The highest BCUT2D eigenvalue weighted by Gasteiger charge is 2.13. The van der Waals surface area contributed by atoms with Crippen LogP contribution < -0.4 is 4.74 Å². The molecule has 2 aromatic rings. The van der Waals surface area contributed by atoms with Crippen LogP contribution in [0.15, 0.2) is 46.9 Å². The van der Waals surface area contributed by atoms with Gasteiger partial charge in [-0.15, -0.1) is 0 Å². The highest BCUT2D eigenvalue weighted by molar-refractivity contribution is 9.10. The summed E-state index contributed by atoms with van der Waals surface area (Å²) in [6.07, 6.45) is 0. The molecule has 0 unspecified atom stereocenters. The van der Waals surface area contributed by atoms with Gasteiger partial charge in [-0.05, 0) is 33.6 Å². The lowest BCUT2D eigenvalue weighted by Gasteiger charge is -2.09. The molecule has 0 fully saturated rings. The third kappa shape index (κ3) is 2.82. The van der Waals surface area contributed by atoms with Gasteiger partial charge >= 0.3 is 0 Å². The first-order valence-electron chi connectivity index (χ1n) is 4.98. The van der Waals surface area contributed by atoms with Crippen molar-refractivity contribution in [2.75, 3.05) is 0 Å². The predicted molar refractivity (Wildman–Crippen MR) is 64.8 cm³/mol. The van der Waals surface area contributed by atoms with Crippen LogP contribution in [0.1, 0.15) is 5.56 Å². The molecule has 1 nitrogen and oxygen atoms in total. The van der Waals surface area contributed by atoms with Crippen molar-refractivity contribution >= 4 is 15.9 Å². The Bertz CT molecular complexity index is 514. The molecule has 0 saturated carbocycles. The topological polar surface area (TPSA) is 9.23 Å². The van der Waals surface area contributed by atoms with Gasteiger partial charge in [-0.3, -0.25) is 0 Å². The SMILES string of the molecule is Fc1ccc(Br)c(OCc2ccccc2)c1F. The second-order valence-electron chi connectivity index (χ2n) is 3.45. The number of halogens is 3. The minimum absolute atomic E-state index is 0.103. The maximum atomic E-state index is 13.4. The Kier molecular flexibility index (Phi) is 3.74. The average Bonchev–Trinajstić information content (AvgIpc) is 2.35. The van der Waals surface area contributed by atoms with Crippen molar-refractivity contribution in [2.45, 2.75) is 6.61 Å². The summed E-state index contributed by atoms with van der Waals surface area (Å²) < 4.78 is 32.1. The van der Waals surface area contributed by atoms with Gasteiger partial charge in [-0.25, -0.2) is 4.39 Å². The molecule has 0 aliphatic heterocycles. The van der Waals surface area contributed by atoms with Gasteiger partial charge in [0.05, 0.1) is 4.47 Å². The minimum Gasteiger partial charge on any atom is -0.485 e. The van der Waals surface area contributed by atoms with Crippen LogP contribution in [0.25, 0.3) is 0 Å². The van der Waals surface area contributed by atoms with Crippen molar-refractivity contribution in [2.24, 2.45) is 0 Å². The summed E-state index contributed by atoms with van der Waals surface area (Å²) in [7, 11) is 0. The van der Waals surface area contributed by atoms with Crippen LogP contribution in [0.2, 0.25) is 0 Å². The van der Waals surface area contributed by atoms with Gasteiger partial charge in [0.25, 0.3) is 0 Å². The van der Waals surface area contributed by atoms with Crippen LogP contribution in [-0.2, 0) is 6.61 Å². The van der Waals surface area contributed by atoms with E-state index in [2.05, 4.69) is 15.9 Å². The molecule has 0 radical (unpaired) electrons. The summed E-state index contributed by atoms with van der Waals surface area (Å²) in [6.45, 7) is 0.194. The summed E-state index contributed by atoms with van der Waals surface area (Å²) >= 11 is 3.12. The van der Waals surface area contributed by atoms with E-state index < -0.39 is 11.6 Å². The van der Waals surface area contributed by atoms with Crippen LogP contribution in [0.5, 0.6) is 5.75 Å². The van der Waals surface area contributed by atoms with E-state index in [0.29, 0.717) is 4.47 Å². The quantitative estimate of drug-likeness (QED) is 0.768. The minimum atomic E-state index is -0.977. The summed E-state index contributed by atoms with van der Waals surface area (Å²) in [5.74, 6) is -2.00. The Balaban J connectivity index is 2.17. The molecular formula is C13H9BrF2O. The molecule has 0 heterocycles. The highest BCUT2D eigenvalue weighted by Crippen LogP contribution is 2.30. The molecule has 2 rings (SSSR count). The van der Waals surface area contributed by atoms with Gasteiger partial charge in [-0.1, -0.05) is 30.3 Å². The second kappa shape index (κ2) is 5.27. The van der Waals surface area contributed by atoms with Crippen molar-refractivity contribution < 1.29 is 13.5 Å². The zero-order chi connectivity index (χ0) is 12.3. The van der Waals surface area contributed by atoms with Crippen LogP contribution in [0, 0.1) is 11.6 Å². The first-order chi connectivity index (χ1) is 8.18. The van der Waals surface area contributed by atoms with Crippen LogP contribution in [-0.4, -0.2) is 0 Å². The maximum Gasteiger partial charge on any atom is 0.201 e. The molecule has 0 amide bonds. The second-order valence-corrected chi connectivity index (χ2v) is 4.30. The molecular weight excluding hydrogens is 290 g/mol. The molecule has 88 valence electrons. The molecule has 0 spiro atoms. The molecule has 0 aliphatic carbocycles. The number of hydrogen-bond donors (Lipinski definition) is 0. The fourth-order valence-corrected chi connectivity index (χ4v) is 1.79. The Morgan fingerprint density at radius 3 is 2.41 bits per heavy atom. The lowest BCUT2D eigenvalue weighted by atomic mass is 10.2. The van der Waals surface area contributed by atoms with Crippen molar-refractivity contribution in [1.82, 2.24) is 0 Å². The number of hydrogen-bond acceptors (Lipinski definition) is 1. The van der Waals surface area contributed by atoms with Gasteiger partial charge in [-0.2, -0.15) is 4.39 Å². The molecule has 17 heavy (non-hydrogen) atoms. The normalized spacial score (nSPS) is 10.3. The summed E-state index contributed by atoms with van der Waals surface area (Å²) in [4.78, 5) is 0. The van der Waals surface area contributed by atoms with E-state index in [1.807, 2.05) is 30.3 Å². The van der Waals surface area contributed by atoms with E-state index >= 15 is 0 Å². The molecule has 4 heteroatoms. The van der Waals surface area contributed by atoms with Gasteiger partial charge in [0.1, 0.15) is 6.61 Å². The Labute approximate surface area is 106 Å². The van der Waals surface area contributed by atoms with Gasteiger partial charge < -0.3 is 4.74 Å². The summed E-state index contributed by atoms with van der Waals surface area (Å²) in [5.41, 5.74) is 0.892. The Morgan fingerprint density at radius 1 is 1.00 bits per heavy atom. The largest absolute Gasteiger partial charge is 0.485 e. The summed E-state index contributed by atoms with van der Waals surface area (Å²) in [6, 6.07) is 11.8. The number of benzene rings is 2. The monoisotopic (exact) mass is 298 g/mol. The third-order valence-electron chi connectivity index (χ3n) is 2.23. The van der Waals surface area contributed by atoms with Gasteiger partial charge in [0.2, 0.25) is 5.82 Å². The fraction of sp³-hybridized carbons (Fsp3) is 0.0769. The molecule has 0 aromatic heterocycles. The first kappa shape index (κ1) is 12.0. The fourth-order valence-electron chi connectivity index (χ4n) is 1.37. The lowest BCUT2D eigenvalue weighted by molar-refractivity contribution is 0.282. The number of ether oxygens (including phenoxy) is 1. The smallest absolute Gasteiger partial charge is 0.201 e. The average molecular weight is 299 g/mol. The van der Waals surface area contributed by atoms with E-state index in [1.54, 1.807) is 0 Å². The third-order valence-corrected chi connectivity index (χ3v) is 2.85. The zero-order valence-electron chi connectivity index (χ0n) is 8.79. The van der Waals surface area contributed by atoms with E-state index in [0.717, 1.165) is 11.6 Å². The van der Waals surface area contributed by atoms with E-state index in [9.17, 15) is 8.78 Å². The standard InChI is InChI=1S/C13H9BrF2O/c14-10-6-7-11(15)12(16)13(10)17-8-9-4-2-1-3-5-9/h1-7H,8H2. The van der Waals surface area contributed by atoms with Crippen LogP contribution >= 0.6 is 15.9 Å². The van der Waals surface area contributed by atoms with E-state index in [-0.39, 0.29) is 12.4 Å². The van der Waals surface area contributed by atoms with E-state index in [1.165, 1.54) is 6.07 Å². The zero-order valence-corrected chi connectivity index (χ0v) is 10.4. The van der Waals surface area contributed by atoms with Crippen molar-refractivity contribution in [3.05, 3.63) is 64.1 Å². The molecule has 0 N–H and O–H groups in total. The summed E-state index contributed by atoms with van der Waals surface area (Å²) in [5, 5.41) is 0. The Morgan fingerprint density at radius 2 is 1.71 bits per heavy atom. The van der Waals surface area contributed by atoms with Gasteiger partial charge in [0.15, 0.2) is 11.6 Å². The van der Waals surface area contributed by atoms with Crippen molar-refractivity contribution in [1.29, 1.82) is 0 Å². The number of rotatable bonds is 3. The van der Waals surface area contributed by atoms with Crippen molar-refractivity contribution in [3.8, 4) is 5.75 Å².